The van der Waals surface area contributed by atoms with Crippen LogP contribution in [-0.2, 0) is 14.9 Å². The highest BCUT2D eigenvalue weighted by Crippen LogP contribution is 2.32. The monoisotopic (exact) mass is 375 g/mol. The molecule has 1 aromatic carbocycles. The normalized spacial score (nSPS) is 12.1. The standard InChI is InChI=1S/C10H12BrCl2NO3S/c1-6(2)5-17-14-18(15,16)10-8(12)3-7(11)4-9(10)13/h3-4,6,14H,5H2,1-2H3. The lowest BCUT2D eigenvalue weighted by Gasteiger charge is -2.11. The lowest BCUT2D eigenvalue weighted by Crippen LogP contribution is -2.26. The second kappa shape index (κ2) is 6.54. The molecule has 0 bridgehead atoms. The number of benzene rings is 1. The third kappa shape index (κ3) is 4.36. The molecule has 1 N–H and O–H groups in total. The first-order valence-corrected chi connectivity index (χ1v) is 8.05. The molecule has 0 aliphatic carbocycles. The van der Waals surface area contributed by atoms with E-state index in [0.29, 0.717) is 4.47 Å². The summed E-state index contributed by atoms with van der Waals surface area (Å²) in [5, 5.41) is 0.0463. The summed E-state index contributed by atoms with van der Waals surface area (Å²) in [4.78, 5) is 6.69. The minimum absolute atomic E-state index is 0.0232. The Bertz CT molecular complexity index is 511. The molecule has 102 valence electrons. The Hall–Kier alpha value is 0.150. The highest BCUT2D eigenvalue weighted by molar-refractivity contribution is 9.10. The van der Waals surface area contributed by atoms with E-state index in [2.05, 4.69) is 15.9 Å². The number of nitrogens with one attached hydrogen (secondary N) is 1. The van der Waals surface area contributed by atoms with Crippen LogP contribution in [0.25, 0.3) is 0 Å². The molecule has 0 spiro atoms. The Labute approximate surface area is 125 Å². The summed E-state index contributed by atoms with van der Waals surface area (Å²) in [5.74, 6) is 0.198. The van der Waals surface area contributed by atoms with Crippen LogP contribution in [0.5, 0.6) is 0 Å². The maximum atomic E-state index is 11.9. The smallest absolute Gasteiger partial charge is 0.265 e. The lowest BCUT2D eigenvalue weighted by molar-refractivity contribution is 0.0719. The van der Waals surface area contributed by atoms with Gasteiger partial charge in [-0.05, 0) is 18.1 Å². The summed E-state index contributed by atoms with van der Waals surface area (Å²) in [6.07, 6.45) is 0. The molecule has 1 rings (SSSR count). The molecule has 1 aromatic rings. The Balaban J connectivity index is 2.99. The number of hydrogen-bond donors (Lipinski definition) is 1. The van der Waals surface area contributed by atoms with Crippen molar-refractivity contribution in [2.45, 2.75) is 18.7 Å². The molecule has 4 nitrogen and oxygen atoms in total. The summed E-state index contributed by atoms with van der Waals surface area (Å²) in [7, 11) is -3.89. The highest BCUT2D eigenvalue weighted by Gasteiger charge is 2.22. The van der Waals surface area contributed by atoms with E-state index in [9.17, 15) is 8.42 Å². The highest BCUT2D eigenvalue weighted by atomic mass is 79.9. The van der Waals surface area contributed by atoms with E-state index in [4.69, 9.17) is 28.0 Å². The van der Waals surface area contributed by atoms with Gasteiger partial charge >= 0.3 is 0 Å². The molecule has 18 heavy (non-hydrogen) atoms. The van der Waals surface area contributed by atoms with Crippen molar-refractivity contribution in [1.29, 1.82) is 0 Å². The van der Waals surface area contributed by atoms with Gasteiger partial charge in [0.15, 0.2) is 0 Å². The Morgan fingerprint density at radius 2 is 1.83 bits per heavy atom. The molecule has 0 aromatic heterocycles. The van der Waals surface area contributed by atoms with Gasteiger partial charge in [-0.25, -0.2) is 8.42 Å². The van der Waals surface area contributed by atoms with Gasteiger partial charge in [-0.15, -0.1) is 0 Å². The molecule has 0 saturated carbocycles. The predicted molar refractivity (Wildman–Crippen MR) is 75.3 cm³/mol. The van der Waals surface area contributed by atoms with Crippen LogP contribution in [0.3, 0.4) is 0 Å². The zero-order valence-corrected chi connectivity index (χ0v) is 13.6. The van der Waals surface area contributed by atoms with Gasteiger partial charge in [0.05, 0.1) is 16.7 Å². The summed E-state index contributed by atoms with van der Waals surface area (Å²) in [6, 6.07) is 2.90. The fourth-order valence-electron chi connectivity index (χ4n) is 1.11. The van der Waals surface area contributed by atoms with E-state index in [1.165, 1.54) is 12.1 Å². The molecule has 0 saturated heterocycles. The van der Waals surface area contributed by atoms with Crippen LogP contribution in [0.1, 0.15) is 13.8 Å². The molecule has 0 radical (unpaired) electrons. The zero-order chi connectivity index (χ0) is 13.9. The summed E-state index contributed by atoms with van der Waals surface area (Å²) in [5.41, 5.74) is 0. The third-order valence-corrected chi connectivity index (χ3v) is 4.41. The van der Waals surface area contributed by atoms with Crippen molar-refractivity contribution in [3.63, 3.8) is 0 Å². The Morgan fingerprint density at radius 1 is 1.33 bits per heavy atom. The van der Waals surface area contributed by atoms with Crippen LogP contribution in [0, 0.1) is 5.92 Å². The molecule has 0 heterocycles. The van der Waals surface area contributed by atoms with Crippen molar-refractivity contribution in [2.24, 2.45) is 5.92 Å². The SMILES string of the molecule is CC(C)CONS(=O)(=O)c1c(Cl)cc(Br)cc1Cl. The van der Waals surface area contributed by atoms with Gasteiger partial charge in [0.25, 0.3) is 10.0 Å². The molecule has 8 heteroatoms. The third-order valence-electron chi connectivity index (χ3n) is 1.82. The Kier molecular flexibility index (Phi) is 5.89. The van der Waals surface area contributed by atoms with E-state index in [1.807, 2.05) is 18.7 Å². The van der Waals surface area contributed by atoms with E-state index in [0.717, 1.165) is 0 Å². The number of hydrogen-bond acceptors (Lipinski definition) is 3. The average molecular weight is 377 g/mol. The van der Waals surface area contributed by atoms with Crippen molar-refractivity contribution in [1.82, 2.24) is 4.89 Å². The largest absolute Gasteiger partial charge is 0.287 e. The summed E-state index contributed by atoms with van der Waals surface area (Å²) < 4.78 is 24.5. The van der Waals surface area contributed by atoms with Crippen LogP contribution in [0.4, 0.5) is 0 Å². The van der Waals surface area contributed by atoms with Gasteiger partial charge in [0.1, 0.15) is 4.90 Å². The van der Waals surface area contributed by atoms with Gasteiger partial charge in [-0.2, -0.15) is 0 Å². The van der Waals surface area contributed by atoms with E-state index >= 15 is 0 Å². The topological polar surface area (TPSA) is 55.4 Å². The molecular formula is C10H12BrCl2NO3S. The second-order valence-corrected chi connectivity index (χ2v) is 7.30. The summed E-state index contributed by atoms with van der Waals surface area (Å²) >= 11 is 14.9. The fraction of sp³-hybridized carbons (Fsp3) is 0.400. The van der Waals surface area contributed by atoms with Crippen LogP contribution < -0.4 is 4.89 Å². The van der Waals surface area contributed by atoms with Crippen molar-refractivity contribution >= 4 is 49.2 Å². The van der Waals surface area contributed by atoms with Gasteiger partial charge in [-0.3, -0.25) is 4.84 Å². The molecule has 0 aliphatic rings. The first-order valence-electron chi connectivity index (χ1n) is 5.02. The van der Waals surface area contributed by atoms with E-state index < -0.39 is 10.0 Å². The van der Waals surface area contributed by atoms with Crippen LogP contribution in [0.15, 0.2) is 21.5 Å². The summed E-state index contributed by atoms with van der Waals surface area (Å²) in [6.45, 7) is 4.05. The zero-order valence-electron chi connectivity index (χ0n) is 9.71. The molecule has 0 fully saturated rings. The average Bonchev–Trinajstić information content (AvgIpc) is 2.13. The van der Waals surface area contributed by atoms with Gasteiger partial charge in [-0.1, -0.05) is 57.9 Å². The maximum absolute atomic E-state index is 11.9. The van der Waals surface area contributed by atoms with E-state index in [1.54, 1.807) is 0 Å². The first kappa shape index (κ1) is 16.2. The van der Waals surface area contributed by atoms with Crippen LogP contribution >= 0.6 is 39.1 Å². The Morgan fingerprint density at radius 3 is 2.28 bits per heavy atom. The first-order chi connectivity index (χ1) is 8.24. The molecule has 0 unspecified atom stereocenters. The predicted octanol–water partition coefficient (Wildman–Crippen LogP) is 3.62. The second-order valence-electron chi connectivity index (χ2n) is 3.99. The maximum Gasteiger partial charge on any atom is 0.265 e. The van der Waals surface area contributed by atoms with Crippen molar-refractivity contribution < 1.29 is 13.3 Å². The van der Waals surface area contributed by atoms with Gasteiger partial charge in [0, 0.05) is 4.47 Å². The fourth-order valence-corrected chi connectivity index (χ4v) is 3.86. The van der Waals surface area contributed by atoms with Gasteiger partial charge < -0.3 is 0 Å². The van der Waals surface area contributed by atoms with E-state index in [-0.39, 0.29) is 27.5 Å². The van der Waals surface area contributed by atoms with Crippen molar-refractivity contribution in [3.8, 4) is 0 Å². The minimum atomic E-state index is -3.89. The molecular weight excluding hydrogens is 365 g/mol. The number of sulfonamides is 1. The van der Waals surface area contributed by atoms with Crippen molar-refractivity contribution in [3.05, 3.63) is 26.7 Å². The molecule has 0 atom stereocenters. The molecule has 0 aliphatic heterocycles. The van der Waals surface area contributed by atoms with Crippen LogP contribution in [0.2, 0.25) is 10.0 Å². The number of halogens is 3. The minimum Gasteiger partial charge on any atom is -0.287 e. The van der Waals surface area contributed by atoms with Crippen molar-refractivity contribution in [2.75, 3.05) is 6.61 Å². The number of rotatable bonds is 5. The quantitative estimate of drug-likeness (QED) is 0.798. The van der Waals surface area contributed by atoms with Gasteiger partial charge in [0.2, 0.25) is 0 Å². The molecule has 0 amide bonds. The lowest BCUT2D eigenvalue weighted by atomic mass is 10.2. The van der Waals surface area contributed by atoms with Crippen LogP contribution in [-0.4, -0.2) is 15.0 Å².